The summed E-state index contributed by atoms with van der Waals surface area (Å²) in [7, 11) is 0. The molecule has 0 unspecified atom stereocenters. The van der Waals surface area contributed by atoms with Crippen LogP contribution >= 0.6 is 24.6 Å². The second-order valence-electron chi connectivity index (χ2n) is 1.29. The summed E-state index contributed by atoms with van der Waals surface area (Å²) in [4.78, 5) is 0. The van der Waals surface area contributed by atoms with Crippen molar-refractivity contribution < 1.29 is 0 Å². The number of rotatable bonds is 2. The normalized spacial score (nSPS) is 7.12. The van der Waals surface area contributed by atoms with Gasteiger partial charge in [0.25, 0.3) is 0 Å². The van der Waals surface area contributed by atoms with E-state index < -0.39 is 0 Å². The van der Waals surface area contributed by atoms with Gasteiger partial charge < -0.3 is 11.1 Å². The van der Waals surface area contributed by atoms with E-state index in [4.69, 9.17) is 5.73 Å². The molecule has 0 heterocycles. The molecule has 0 aliphatic rings. The zero-order chi connectivity index (χ0) is 5.70. The maximum Gasteiger partial charge on any atom is 0.163 e. The average Bonchev–Trinajstić information content (AvgIpc) is 1.61. The molecule has 8 heavy (non-hydrogen) atoms. The third kappa shape index (κ3) is 9.36. The summed E-state index contributed by atoms with van der Waals surface area (Å²) in [5.74, 6) is 0. The Balaban J connectivity index is 0. The summed E-state index contributed by atoms with van der Waals surface area (Å²) in [6.45, 7) is 2.95. The van der Waals surface area contributed by atoms with Gasteiger partial charge in [-0.15, -0.1) is 12.4 Å². The summed E-state index contributed by atoms with van der Waals surface area (Å²) in [6.07, 6.45) is 1.07. The Kier molecular flexibility index (Phi) is 9.49. The lowest BCUT2D eigenvalue weighted by atomic mass is 10.5. The van der Waals surface area contributed by atoms with Crippen molar-refractivity contribution in [2.45, 2.75) is 13.3 Å². The lowest BCUT2D eigenvalue weighted by Crippen LogP contribution is -2.29. The highest BCUT2D eigenvalue weighted by Crippen LogP contribution is 1.66. The molecule has 0 spiro atoms. The van der Waals surface area contributed by atoms with E-state index in [-0.39, 0.29) is 12.4 Å². The second-order valence-corrected chi connectivity index (χ2v) is 1.73. The number of hydrogen-bond acceptors (Lipinski definition) is 1. The molecule has 0 rings (SSSR count). The van der Waals surface area contributed by atoms with Gasteiger partial charge in [0.15, 0.2) is 5.11 Å². The van der Waals surface area contributed by atoms with Crippen LogP contribution in [0.3, 0.4) is 0 Å². The van der Waals surface area contributed by atoms with Crippen LogP contribution < -0.4 is 11.1 Å². The Bertz CT molecular complexity index is 67.1. The first kappa shape index (κ1) is 10.9. The van der Waals surface area contributed by atoms with Crippen LogP contribution in [0.2, 0.25) is 0 Å². The minimum atomic E-state index is 0. The number of thiocarbonyl (C=S) groups is 1. The highest BCUT2D eigenvalue weighted by atomic mass is 35.5. The largest absolute Gasteiger partial charge is 0.376 e. The monoisotopic (exact) mass is 154 g/mol. The Labute approximate surface area is 61.2 Å². The molecule has 4 heteroatoms. The van der Waals surface area contributed by atoms with Gasteiger partial charge in [0, 0.05) is 6.54 Å². The van der Waals surface area contributed by atoms with Crippen molar-refractivity contribution in [2.75, 3.05) is 6.54 Å². The molecule has 0 amide bonds. The highest BCUT2D eigenvalue weighted by Gasteiger charge is 1.79. The smallest absolute Gasteiger partial charge is 0.163 e. The van der Waals surface area contributed by atoms with Crippen LogP contribution in [0.5, 0.6) is 0 Å². The summed E-state index contributed by atoms with van der Waals surface area (Å²) in [5, 5.41) is 3.20. The van der Waals surface area contributed by atoms with Crippen molar-refractivity contribution in [3.05, 3.63) is 0 Å². The molecule has 0 aliphatic heterocycles. The van der Waals surface area contributed by atoms with Gasteiger partial charge in [-0.2, -0.15) is 0 Å². The van der Waals surface area contributed by atoms with Crippen molar-refractivity contribution in [2.24, 2.45) is 5.73 Å². The van der Waals surface area contributed by atoms with Crippen molar-refractivity contribution in [1.82, 2.24) is 5.32 Å². The summed E-state index contributed by atoms with van der Waals surface area (Å²) >= 11 is 4.53. The molecule has 0 aliphatic carbocycles. The van der Waals surface area contributed by atoms with Crippen molar-refractivity contribution >= 4 is 29.7 Å². The highest BCUT2D eigenvalue weighted by molar-refractivity contribution is 7.80. The first-order chi connectivity index (χ1) is 3.27. The van der Waals surface area contributed by atoms with Crippen LogP contribution in [0, 0.1) is 0 Å². The second kappa shape index (κ2) is 6.98. The van der Waals surface area contributed by atoms with Gasteiger partial charge in [-0.25, -0.2) is 0 Å². The van der Waals surface area contributed by atoms with Crippen molar-refractivity contribution in [3.63, 3.8) is 0 Å². The molecule has 0 radical (unpaired) electrons. The van der Waals surface area contributed by atoms with Gasteiger partial charge in [-0.05, 0) is 18.6 Å². The number of nitrogens with two attached hydrogens (primary N) is 1. The SMILES string of the molecule is CCCNC(N)=S.Cl. The lowest BCUT2D eigenvalue weighted by Gasteiger charge is -1.96. The topological polar surface area (TPSA) is 38.0 Å². The molecular formula is C4H11ClN2S. The quantitative estimate of drug-likeness (QED) is 0.574. The third-order valence-electron chi connectivity index (χ3n) is 0.549. The van der Waals surface area contributed by atoms with Gasteiger partial charge in [-0.1, -0.05) is 6.92 Å². The zero-order valence-corrected chi connectivity index (χ0v) is 6.44. The molecule has 0 atom stereocenters. The molecule has 0 fully saturated rings. The number of hydrogen-bond donors (Lipinski definition) is 2. The standard InChI is InChI=1S/C4H10N2S.ClH/c1-2-3-6-4(5)7;/h2-3H2,1H3,(H3,5,6,7);1H. The Morgan fingerprint density at radius 2 is 2.25 bits per heavy atom. The molecule has 50 valence electrons. The molecule has 0 aromatic heterocycles. The van der Waals surface area contributed by atoms with Gasteiger partial charge in [0.05, 0.1) is 0 Å². The van der Waals surface area contributed by atoms with E-state index in [2.05, 4.69) is 24.5 Å². The Morgan fingerprint density at radius 1 is 1.75 bits per heavy atom. The van der Waals surface area contributed by atoms with E-state index in [0.717, 1.165) is 13.0 Å². The van der Waals surface area contributed by atoms with Crippen molar-refractivity contribution in [3.8, 4) is 0 Å². The average molecular weight is 155 g/mol. The van der Waals surface area contributed by atoms with Gasteiger partial charge in [-0.3, -0.25) is 0 Å². The fourth-order valence-electron chi connectivity index (χ4n) is 0.248. The molecule has 0 saturated carbocycles. The zero-order valence-electron chi connectivity index (χ0n) is 4.81. The van der Waals surface area contributed by atoms with Crippen LogP contribution in [0.15, 0.2) is 0 Å². The van der Waals surface area contributed by atoms with E-state index in [1.54, 1.807) is 0 Å². The predicted octanol–water partition coefficient (Wildman–Crippen LogP) is 0.651. The van der Waals surface area contributed by atoms with Crippen molar-refractivity contribution in [1.29, 1.82) is 0 Å². The summed E-state index contributed by atoms with van der Waals surface area (Å²) in [6, 6.07) is 0. The van der Waals surface area contributed by atoms with Crippen LogP contribution in [0.1, 0.15) is 13.3 Å². The van der Waals surface area contributed by atoms with E-state index in [0.29, 0.717) is 5.11 Å². The first-order valence-corrected chi connectivity index (χ1v) is 2.71. The van der Waals surface area contributed by atoms with Crippen LogP contribution in [-0.4, -0.2) is 11.7 Å². The maximum atomic E-state index is 5.10. The first-order valence-electron chi connectivity index (χ1n) is 2.30. The minimum absolute atomic E-state index is 0. The van der Waals surface area contributed by atoms with E-state index in [9.17, 15) is 0 Å². The van der Waals surface area contributed by atoms with Gasteiger partial charge in [0.2, 0.25) is 0 Å². The van der Waals surface area contributed by atoms with E-state index in [1.165, 1.54) is 0 Å². The minimum Gasteiger partial charge on any atom is -0.376 e. The van der Waals surface area contributed by atoms with E-state index in [1.807, 2.05) is 0 Å². The van der Waals surface area contributed by atoms with E-state index >= 15 is 0 Å². The van der Waals surface area contributed by atoms with Gasteiger partial charge >= 0.3 is 0 Å². The Hall–Kier alpha value is -0.0200. The predicted molar refractivity (Wildman–Crippen MR) is 42.3 cm³/mol. The molecule has 0 aromatic carbocycles. The molecule has 0 bridgehead atoms. The Morgan fingerprint density at radius 3 is 2.38 bits per heavy atom. The molecule has 2 nitrogen and oxygen atoms in total. The fourth-order valence-corrected chi connectivity index (χ4v) is 0.350. The van der Waals surface area contributed by atoms with Crippen LogP contribution in [0.25, 0.3) is 0 Å². The number of halogens is 1. The molecule has 0 saturated heterocycles. The lowest BCUT2D eigenvalue weighted by molar-refractivity contribution is 0.843. The van der Waals surface area contributed by atoms with Gasteiger partial charge in [0.1, 0.15) is 0 Å². The maximum absolute atomic E-state index is 5.10. The molecular weight excluding hydrogens is 144 g/mol. The molecule has 0 aromatic rings. The fraction of sp³-hybridized carbons (Fsp3) is 0.750. The number of nitrogens with one attached hydrogen (secondary N) is 1. The molecule has 3 N–H and O–H groups in total. The summed E-state index contributed by atoms with van der Waals surface area (Å²) in [5.41, 5.74) is 5.10. The third-order valence-corrected chi connectivity index (χ3v) is 0.694. The van der Waals surface area contributed by atoms with Crippen LogP contribution in [-0.2, 0) is 0 Å². The summed E-state index contributed by atoms with van der Waals surface area (Å²) < 4.78 is 0. The van der Waals surface area contributed by atoms with Crippen LogP contribution in [0.4, 0.5) is 0 Å².